The van der Waals surface area contributed by atoms with E-state index in [2.05, 4.69) is 20.6 Å². The van der Waals surface area contributed by atoms with E-state index in [9.17, 15) is 4.79 Å². The number of ether oxygens (including phenoxy) is 2. The fourth-order valence-corrected chi connectivity index (χ4v) is 2.84. The zero-order chi connectivity index (χ0) is 20.6. The van der Waals surface area contributed by atoms with Crippen LogP contribution < -0.4 is 20.1 Å². The summed E-state index contributed by atoms with van der Waals surface area (Å²) in [6.45, 7) is 2.30. The predicted octanol–water partition coefficient (Wildman–Crippen LogP) is 3.52. The van der Waals surface area contributed by atoms with Crippen molar-refractivity contribution < 1.29 is 14.3 Å². The predicted molar refractivity (Wildman–Crippen MR) is 112 cm³/mol. The number of aryl methyl sites for hydroxylation is 1. The zero-order valence-electron chi connectivity index (χ0n) is 16.7. The average molecular weight is 392 g/mol. The summed E-state index contributed by atoms with van der Waals surface area (Å²) in [7, 11) is 3.20. The van der Waals surface area contributed by atoms with Crippen molar-refractivity contribution in [3.05, 3.63) is 71.5 Å². The van der Waals surface area contributed by atoms with Gasteiger partial charge in [-0.15, -0.1) is 0 Å². The van der Waals surface area contributed by atoms with Crippen molar-refractivity contribution in [2.24, 2.45) is 0 Å². The van der Waals surface area contributed by atoms with Crippen LogP contribution >= 0.6 is 0 Å². The molecule has 0 fully saturated rings. The molecule has 0 aliphatic heterocycles. The number of rotatable bonds is 8. The number of amides is 1. The van der Waals surface area contributed by atoms with Gasteiger partial charge in [0.15, 0.2) is 11.5 Å². The van der Waals surface area contributed by atoms with E-state index in [0.717, 1.165) is 11.3 Å². The first-order valence-corrected chi connectivity index (χ1v) is 9.26. The van der Waals surface area contributed by atoms with Crippen molar-refractivity contribution in [1.29, 1.82) is 0 Å². The van der Waals surface area contributed by atoms with Crippen LogP contribution in [0.3, 0.4) is 0 Å². The fourth-order valence-electron chi connectivity index (χ4n) is 2.84. The maximum atomic E-state index is 12.5. The molecule has 0 saturated heterocycles. The Labute approximate surface area is 170 Å². The molecule has 0 unspecified atom stereocenters. The molecule has 0 saturated carbocycles. The summed E-state index contributed by atoms with van der Waals surface area (Å²) in [6, 6.07) is 17.0. The molecule has 29 heavy (non-hydrogen) atoms. The Morgan fingerprint density at radius 1 is 0.966 bits per heavy atom. The maximum Gasteiger partial charge on any atom is 0.270 e. The Bertz CT molecular complexity index is 977. The monoisotopic (exact) mass is 392 g/mol. The van der Waals surface area contributed by atoms with Gasteiger partial charge in [-0.2, -0.15) is 0 Å². The quantitative estimate of drug-likeness (QED) is 0.610. The smallest absolute Gasteiger partial charge is 0.270 e. The van der Waals surface area contributed by atoms with Crippen molar-refractivity contribution in [3.8, 4) is 11.5 Å². The van der Waals surface area contributed by atoms with Crippen LogP contribution in [0.4, 0.5) is 11.6 Å². The molecule has 2 N–H and O–H groups in total. The Kier molecular flexibility index (Phi) is 6.63. The lowest BCUT2D eigenvalue weighted by Gasteiger charge is -2.11. The van der Waals surface area contributed by atoms with Crippen molar-refractivity contribution >= 4 is 17.5 Å². The number of nitrogens with zero attached hydrogens (tertiary/aromatic N) is 2. The minimum absolute atomic E-state index is 0.243. The second-order valence-corrected chi connectivity index (χ2v) is 6.40. The molecule has 7 heteroatoms. The second-order valence-electron chi connectivity index (χ2n) is 6.40. The molecular weight excluding hydrogens is 368 g/mol. The number of methoxy groups -OCH3 is 2. The minimum atomic E-state index is -0.243. The van der Waals surface area contributed by atoms with Crippen LogP contribution in [-0.4, -0.2) is 36.6 Å². The lowest BCUT2D eigenvalue weighted by atomic mass is 10.1. The summed E-state index contributed by atoms with van der Waals surface area (Å²) in [6.07, 6.45) is 0.658. The first-order chi connectivity index (χ1) is 14.1. The summed E-state index contributed by atoms with van der Waals surface area (Å²) in [5.74, 6) is 1.49. The Morgan fingerprint density at radius 2 is 1.72 bits per heavy atom. The SMILES string of the molecule is COc1ccc(CCNC(=O)c2cc(C)nc(Nc3ccccc3)n2)cc1OC. The molecule has 3 aromatic rings. The standard InChI is InChI=1S/C22H24N4O3/c1-15-13-18(26-22(24-15)25-17-7-5-4-6-8-17)21(27)23-12-11-16-9-10-19(28-2)20(14-16)29-3/h4-10,13-14H,11-12H2,1-3H3,(H,23,27)(H,24,25,26). The van der Waals surface area contributed by atoms with E-state index in [-0.39, 0.29) is 5.91 Å². The van der Waals surface area contributed by atoms with Gasteiger partial charge in [0.25, 0.3) is 5.91 Å². The molecule has 0 spiro atoms. The van der Waals surface area contributed by atoms with Gasteiger partial charge in [0.2, 0.25) is 5.95 Å². The first kappa shape index (κ1) is 20.1. The van der Waals surface area contributed by atoms with Gasteiger partial charge >= 0.3 is 0 Å². The molecular formula is C22H24N4O3. The molecule has 0 radical (unpaired) electrons. The number of anilines is 2. The topological polar surface area (TPSA) is 85.4 Å². The van der Waals surface area contributed by atoms with Gasteiger partial charge in [0.1, 0.15) is 5.69 Å². The highest BCUT2D eigenvalue weighted by Gasteiger charge is 2.11. The van der Waals surface area contributed by atoms with Crippen LogP contribution in [0.5, 0.6) is 11.5 Å². The van der Waals surface area contributed by atoms with Gasteiger partial charge in [-0.1, -0.05) is 24.3 Å². The molecule has 1 heterocycles. The van der Waals surface area contributed by atoms with E-state index in [0.29, 0.717) is 41.8 Å². The lowest BCUT2D eigenvalue weighted by molar-refractivity contribution is 0.0949. The van der Waals surface area contributed by atoms with Crippen molar-refractivity contribution in [2.45, 2.75) is 13.3 Å². The van der Waals surface area contributed by atoms with Crippen LogP contribution in [0.25, 0.3) is 0 Å². The number of carbonyl (C=O) groups is 1. The average Bonchev–Trinajstić information content (AvgIpc) is 2.73. The van der Waals surface area contributed by atoms with E-state index in [1.54, 1.807) is 20.3 Å². The molecule has 3 rings (SSSR count). The number of carbonyl (C=O) groups excluding carboxylic acids is 1. The van der Waals surface area contributed by atoms with Crippen LogP contribution in [0.15, 0.2) is 54.6 Å². The van der Waals surface area contributed by atoms with Crippen molar-refractivity contribution in [1.82, 2.24) is 15.3 Å². The first-order valence-electron chi connectivity index (χ1n) is 9.26. The van der Waals surface area contributed by atoms with Crippen LogP contribution in [-0.2, 0) is 6.42 Å². The van der Waals surface area contributed by atoms with Crippen molar-refractivity contribution in [2.75, 3.05) is 26.1 Å². The van der Waals surface area contributed by atoms with E-state index in [1.165, 1.54) is 0 Å². The Morgan fingerprint density at radius 3 is 2.45 bits per heavy atom. The molecule has 2 aromatic carbocycles. The highest BCUT2D eigenvalue weighted by molar-refractivity contribution is 5.92. The summed E-state index contributed by atoms with van der Waals surface area (Å²) < 4.78 is 10.6. The number of aromatic nitrogens is 2. The largest absolute Gasteiger partial charge is 0.493 e. The molecule has 0 aliphatic carbocycles. The molecule has 0 atom stereocenters. The second kappa shape index (κ2) is 9.54. The normalized spacial score (nSPS) is 10.3. The summed E-state index contributed by atoms with van der Waals surface area (Å²) >= 11 is 0. The van der Waals surface area contributed by atoms with Crippen LogP contribution in [0.1, 0.15) is 21.7 Å². The third kappa shape index (κ3) is 5.44. The molecule has 7 nitrogen and oxygen atoms in total. The number of hydrogen-bond acceptors (Lipinski definition) is 6. The molecule has 1 amide bonds. The van der Waals surface area contributed by atoms with E-state index >= 15 is 0 Å². The van der Waals surface area contributed by atoms with Crippen molar-refractivity contribution in [3.63, 3.8) is 0 Å². The minimum Gasteiger partial charge on any atom is -0.493 e. The molecule has 150 valence electrons. The van der Waals surface area contributed by atoms with E-state index in [4.69, 9.17) is 9.47 Å². The molecule has 0 aliphatic rings. The lowest BCUT2D eigenvalue weighted by Crippen LogP contribution is -2.27. The zero-order valence-corrected chi connectivity index (χ0v) is 16.7. The van der Waals surface area contributed by atoms with Gasteiger partial charge in [-0.05, 0) is 49.2 Å². The summed E-state index contributed by atoms with van der Waals surface area (Å²) in [5.41, 5.74) is 2.93. The van der Waals surface area contributed by atoms with Crippen LogP contribution in [0.2, 0.25) is 0 Å². The fraction of sp³-hybridized carbons (Fsp3) is 0.227. The summed E-state index contributed by atoms with van der Waals surface area (Å²) in [5, 5.41) is 6.02. The molecule has 0 bridgehead atoms. The number of hydrogen-bond donors (Lipinski definition) is 2. The number of benzene rings is 2. The van der Waals surface area contributed by atoms with Gasteiger partial charge in [-0.25, -0.2) is 9.97 Å². The molecule has 1 aromatic heterocycles. The Balaban J connectivity index is 1.62. The van der Waals surface area contributed by atoms with Crippen LogP contribution in [0, 0.1) is 6.92 Å². The van der Waals surface area contributed by atoms with Gasteiger partial charge in [-0.3, -0.25) is 4.79 Å². The third-order valence-electron chi connectivity index (χ3n) is 4.26. The third-order valence-corrected chi connectivity index (χ3v) is 4.26. The van der Waals surface area contributed by atoms with E-state index in [1.807, 2.05) is 55.5 Å². The van der Waals surface area contributed by atoms with Gasteiger partial charge < -0.3 is 20.1 Å². The Hall–Kier alpha value is -3.61. The highest BCUT2D eigenvalue weighted by atomic mass is 16.5. The maximum absolute atomic E-state index is 12.5. The summed E-state index contributed by atoms with van der Waals surface area (Å²) in [4.78, 5) is 21.2. The number of nitrogens with one attached hydrogen (secondary N) is 2. The van der Waals surface area contributed by atoms with E-state index < -0.39 is 0 Å². The van der Waals surface area contributed by atoms with Gasteiger partial charge in [0, 0.05) is 17.9 Å². The number of para-hydroxylation sites is 1. The highest BCUT2D eigenvalue weighted by Crippen LogP contribution is 2.27. The van der Waals surface area contributed by atoms with Gasteiger partial charge in [0.05, 0.1) is 14.2 Å².